The fourth-order valence-electron chi connectivity index (χ4n) is 1.35. The molecule has 0 bridgehead atoms. The van der Waals surface area contributed by atoms with Crippen LogP contribution in [0.1, 0.15) is 39.0 Å². The summed E-state index contributed by atoms with van der Waals surface area (Å²) in [4.78, 5) is 10.9. The van der Waals surface area contributed by atoms with Gasteiger partial charge >= 0.3 is 6.09 Å². The van der Waals surface area contributed by atoms with Crippen LogP contribution in [0.25, 0.3) is 0 Å². The van der Waals surface area contributed by atoms with Crippen molar-refractivity contribution >= 4 is 6.09 Å². The van der Waals surface area contributed by atoms with Crippen LogP contribution in [0.15, 0.2) is 24.8 Å². The van der Waals surface area contributed by atoms with Gasteiger partial charge in [0.25, 0.3) is 0 Å². The Balaban J connectivity index is 3.98. The standard InChI is InChI=1S/C12H21NO3/c1-3-5-7-9-11(10-8-6-4-2)16-12(14)13-15/h3,5,7,11,15H,1,4,6,8-10H2,2H3,(H,13,14)/b7-5+. The summed E-state index contributed by atoms with van der Waals surface area (Å²) in [6.45, 7) is 5.68. The maximum absolute atomic E-state index is 10.9. The predicted molar refractivity (Wildman–Crippen MR) is 63.3 cm³/mol. The van der Waals surface area contributed by atoms with Crippen molar-refractivity contribution < 1.29 is 14.7 Å². The molecule has 0 spiro atoms. The summed E-state index contributed by atoms with van der Waals surface area (Å²) >= 11 is 0. The molecule has 4 nitrogen and oxygen atoms in total. The molecule has 1 unspecified atom stereocenters. The number of nitrogens with one attached hydrogen (secondary N) is 1. The van der Waals surface area contributed by atoms with E-state index in [0.29, 0.717) is 6.42 Å². The van der Waals surface area contributed by atoms with Crippen LogP contribution in [-0.2, 0) is 4.74 Å². The fourth-order valence-corrected chi connectivity index (χ4v) is 1.35. The lowest BCUT2D eigenvalue weighted by Crippen LogP contribution is -2.26. The minimum absolute atomic E-state index is 0.185. The molecule has 0 heterocycles. The fraction of sp³-hybridized carbons (Fsp3) is 0.583. The van der Waals surface area contributed by atoms with Gasteiger partial charge in [-0.25, -0.2) is 10.3 Å². The van der Waals surface area contributed by atoms with Crippen LogP contribution >= 0.6 is 0 Å². The van der Waals surface area contributed by atoms with E-state index in [4.69, 9.17) is 9.94 Å². The van der Waals surface area contributed by atoms with Crippen LogP contribution in [-0.4, -0.2) is 17.4 Å². The number of amides is 1. The van der Waals surface area contributed by atoms with E-state index < -0.39 is 6.09 Å². The smallest absolute Gasteiger partial charge is 0.431 e. The molecule has 0 rings (SSSR count). The molecule has 0 aliphatic rings. The van der Waals surface area contributed by atoms with Crippen molar-refractivity contribution in [2.24, 2.45) is 0 Å². The first-order valence-corrected chi connectivity index (χ1v) is 5.62. The second-order valence-electron chi connectivity index (χ2n) is 3.53. The highest BCUT2D eigenvalue weighted by Gasteiger charge is 2.11. The summed E-state index contributed by atoms with van der Waals surface area (Å²) in [7, 11) is 0. The van der Waals surface area contributed by atoms with Gasteiger partial charge in [-0.05, 0) is 12.8 Å². The largest absolute Gasteiger partial charge is 0.444 e. The molecule has 0 aromatic rings. The normalized spacial score (nSPS) is 12.4. The zero-order valence-electron chi connectivity index (χ0n) is 9.82. The maximum atomic E-state index is 10.9. The Labute approximate surface area is 96.9 Å². The Morgan fingerprint density at radius 3 is 2.88 bits per heavy atom. The summed E-state index contributed by atoms with van der Waals surface area (Å²) in [6, 6.07) is 0. The first-order valence-electron chi connectivity index (χ1n) is 5.62. The lowest BCUT2D eigenvalue weighted by atomic mass is 10.1. The van der Waals surface area contributed by atoms with Crippen molar-refractivity contribution in [3.8, 4) is 0 Å². The lowest BCUT2D eigenvalue weighted by Gasteiger charge is -2.15. The molecule has 0 aliphatic carbocycles. The molecule has 0 aliphatic heterocycles. The number of carbonyl (C=O) groups is 1. The molecular formula is C12H21NO3. The highest BCUT2D eigenvalue weighted by Crippen LogP contribution is 2.11. The molecule has 0 aromatic heterocycles. The topological polar surface area (TPSA) is 58.6 Å². The molecule has 0 radical (unpaired) electrons. The molecule has 0 saturated carbocycles. The zero-order valence-corrected chi connectivity index (χ0v) is 9.82. The lowest BCUT2D eigenvalue weighted by molar-refractivity contribution is 0.0532. The van der Waals surface area contributed by atoms with E-state index in [-0.39, 0.29) is 6.10 Å². The van der Waals surface area contributed by atoms with Crippen molar-refractivity contribution in [1.29, 1.82) is 0 Å². The Hall–Kier alpha value is -1.29. The first-order chi connectivity index (χ1) is 7.74. The van der Waals surface area contributed by atoms with Crippen molar-refractivity contribution in [2.45, 2.75) is 45.1 Å². The third-order valence-electron chi connectivity index (χ3n) is 2.17. The number of hydrogen-bond donors (Lipinski definition) is 2. The van der Waals surface area contributed by atoms with Gasteiger partial charge in [0, 0.05) is 6.42 Å². The third-order valence-corrected chi connectivity index (χ3v) is 2.17. The maximum Gasteiger partial charge on any atom is 0.431 e. The van der Waals surface area contributed by atoms with E-state index in [2.05, 4.69) is 13.5 Å². The first kappa shape index (κ1) is 14.7. The number of unbranched alkanes of at least 4 members (excludes halogenated alkanes) is 2. The van der Waals surface area contributed by atoms with Gasteiger partial charge in [0.1, 0.15) is 6.10 Å². The molecule has 0 saturated heterocycles. The molecule has 2 N–H and O–H groups in total. The van der Waals surface area contributed by atoms with Crippen LogP contribution in [0.2, 0.25) is 0 Å². The van der Waals surface area contributed by atoms with E-state index >= 15 is 0 Å². The van der Waals surface area contributed by atoms with Gasteiger partial charge in [0.2, 0.25) is 0 Å². The van der Waals surface area contributed by atoms with Crippen molar-refractivity contribution in [1.82, 2.24) is 5.48 Å². The Kier molecular flexibility index (Phi) is 9.41. The molecule has 1 atom stereocenters. The van der Waals surface area contributed by atoms with Gasteiger partial charge in [-0.15, -0.1) is 0 Å². The van der Waals surface area contributed by atoms with Crippen molar-refractivity contribution in [3.63, 3.8) is 0 Å². The molecule has 1 amide bonds. The van der Waals surface area contributed by atoms with Gasteiger partial charge < -0.3 is 4.74 Å². The summed E-state index contributed by atoms with van der Waals surface area (Å²) in [6.07, 6.45) is 9.11. The number of rotatable bonds is 8. The van der Waals surface area contributed by atoms with Gasteiger partial charge in [0.15, 0.2) is 0 Å². The van der Waals surface area contributed by atoms with E-state index in [9.17, 15) is 4.79 Å². The number of hydrogen-bond acceptors (Lipinski definition) is 3. The van der Waals surface area contributed by atoms with E-state index in [1.54, 1.807) is 6.08 Å². The number of ether oxygens (including phenoxy) is 1. The van der Waals surface area contributed by atoms with Gasteiger partial charge in [-0.3, -0.25) is 5.21 Å². The van der Waals surface area contributed by atoms with Crippen LogP contribution in [0.4, 0.5) is 4.79 Å². The average molecular weight is 227 g/mol. The average Bonchev–Trinajstić information content (AvgIpc) is 2.29. The van der Waals surface area contributed by atoms with Gasteiger partial charge in [-0.2, -0.15) is 0 Å². The van der Waals surface area contributed by atoms with E-state index in [1.807, 2.05) is 12.2 Å². The Morgan fingerprint density at radius 2 is 2.31 bits per heavy atom. The van der Waals surface area contributed by atoms with E-state index in [1.165, 1.54) is 5.48 Å². The quantitative estimate of drug-likeness (QED) is 0.290. The Morgan fingerprint density at radius 1 is 1.56 bits per heavy atom. The summed E-state index contributed by atoms with van der Waals surface area (Å²) in [5, 5.41) is 8.37. The zero-order chi connectivity index (χ0) is 12.2. The second-order valence-corrected chi connectivity index (χ2v) is 3.53. The minimum atomic E-state index is -0.798. The monoisotopic (exact) mass is 227 g/mol. The van der Waals surface area contributed by atoms with Gasteiger partial charge in [0.05, 0.1) is 0 Å². The van der Waals surface area contributed by atoms with Crippen molar-refractivity contribution in [3.05, 3.63) is 24.8 Å². The molecule has 16 heavy (non-hydrogen) atoms. The molecule has 0 fully saturated rings. The highest BCUT2D eigenvalue weighted by molar-refractivity contribution is 5.65. The van der Waals surface area contributed by atoms with E-state index in [0.717, 1.165) is 25.7 Å². The summed E-state index contributed by atoms with van der Waals surface area (Å²) < 4.78 is 5.01. The number of hydroxylamine groups is 1. The molecule has 0 aromatic carbocycles. The summed E-state index contributed by atoms with van der Waals surface area (Å²) in [5.74, 6) is 0. The predicted octanol–water partition coefficient (Wildman–Crippen LogP) is 3.18. The second kappa shape index (κ2) is 10.2. The molecular weight excluding hydrogens is 206 g/mol. The third kappa shape index (κ3) is 8.05. The van der Waals surface area contributed by atoms with Crippen LogP contribution < -0.4 is 5.48 Å². The van der Waals surface area contributed by atoms with Crippen LogP contribution in [0.3, 0.4) is 0 Å². The number of carbonyl (C=O) groups excluding carboxylic acids is 1. The molecule has 92 valence electrons. The molecule has 4 heteroatoms. The Bertz CT molecular complexity index is 226. The van der Waals surface area contributed by atoms with Crippen molar-refractivity contribution in [2.75, 3.05) is 0 Å². The SMILES string of the molecule is C=C/C=C/CC(CCCCC)OC(=O)NO. The number of allylic oxidation sites excluding steroid dienone is 2. The van der Waals surface area contributed by atoms with Gasteiger partial charge in [-0.1, -0.05) is 44.6 Å². The summed E-state index contributed by atoms with van der Waals surface area (Å²) in [5.41, 5.74) is 1.47. The van der Waals surface area contributed by atoms with Crippen LogP contribution in [0.5, 0.6) is 0 Å². The van der Waals surface area contributed by atoms with Crippen LogP contribution in [0, 0.1) is 0 Å². The highest BCUT2D eigenvalue weighted by atomic mass is 16.6. The minimum Gasteiger partial charge on any atom is -0.444 e.